The fourth-order valence-corrected chi connectivity index (χ4v) is 4.00. The van der Waals surface area contributed by atoms with Crippen molar-refractivity contribution in [2.45, 2.75) is 71.4 Å². The van der Waals surface area contributed by atoms with Crippen molar-refractivity contribution in [2.24, 2.45) is 5.92 Å². The van der Waals surface area contributed by atoms with E-state index in [0.717, 1.165) is 18.0 Å². The summed E-state index contributed by atoms with van der Waals surface area (Å²) in [6, 6.07) is 1.55. The number of hydrogen-bond donors (Lipinski definition) is 1. The van der Waals surface area contributed by atoms with E-state index in [1.807, 2.05) is 0 Å². The fourth-order valence-electron chi connectivity index (χ4n) is 4.00. The minimum atomic E-state index is 0.765. The van der Waals surface area contributed by atoms with Crippen LogP contribution >= 0.6 is 0 Å². The molecular formula is C18H37N3. The van der Waals surface area contributed by atoms with Crippen LogP contribution in [0.3, 0.4) is 0 Å². The average Bonchev–Trinajstić information content (AvgIpc) is 2.54. The number of piperazine rings is 1. The third kappa shape index (κ3) is 5.22. The van der Waals surface area contributed by atoms with Gasteiger partial charge in [0, 0.05) is 44.8 Å². The summed E-state index contributed by atoms with van der Waals surface area (Å²) in [5.74, 6) is 0.889. The highest BCUT2D eigenvalue weighted by Crippen LogP contribution is 2.26. The van der Waals surface area contributed by atoms with Gasteiger partial charge in [-0.15, -0.1) is 0 Å². The van der Waals surface area contributed by atoms with Crippen LogP contribution in [0.15, 0.2) is 0 Å². The predicted molar refractivity (Wildman–Crippen MR) is 91.8 cm³/mol. The van der Waals surface area contributed by atoms with Gasteiger partial charge in [-0.05, 0) is 45.1 Å². The lowest BCUT2D eigenvalue weighted by molar-refractivity contribution is 0.0778. The van der Waals surface area contributed by atoms with E-state index in [1.54, 1.807) is 0 Å². The first-order valence-corrected chi connectivity index (χ1v) is 9.44. The van der Waals surface area contributed by atoms with E-state index in [4.69, 9.17) is 0 Å². The van der Waals surface area contributed by atoms with Crippen LogP contribution in [-0.4, -0.2) is 61.2 Å². The van der Waals surface area contributed by atoms with Gasteiger partial charge in [0.25, 0.3) is 0 Å². The number of nitrogens with one attached hydrogen (secondary N) is 1. The number of rotatable bonds is 7. The van der Waals surface area contributed by atoms with Gasteiger partial charge in [-0.25, -0.2) is 0 Å². The van der Waals surface area contributed by atoms with Gasteiger partial charge < -0.3 is 10.2 Å². The molecular weight excluding hydrogens is 258 g/mol. The highest BCUT2D eigenvalue weighted by molar-refractivity contribution is 4.85. The average molecular weight is 296 g/mol. The molecule has 0 radical (unpaired) electrons. The van der Waals surface area contributed by atoms with Crippen LogP contribution in [0.4, 0.5) is 0 Å². The minimum Gasteiger partial charge on any atom is -0.314 e. The van der Waals surface area contributed by atoms with Gasteiger partial charge in [0.2, 0.25) is 0 Å². The molecule has 3 unspecified atom stereocenters. The molecule has 1 saturated heterocycles. The zero-order valence-corrected chi connectivity index (χ0v) is 14.6. The van der Waals surface area contributed by atoms with Crippen molar-refractivity contribution < 1.29 is 0 Å². The Labute approximate surface area is 132 Å². The second-order valence-electron chi connectivity index (χ2n) is 7.20. The second-order valence-corrected chi connectivity index (χ2v) is 7.20. The third-order valence-electron chi connectivity index (χ3n) is 5.68. The van der Waals surface area contributed by atoms with Gasteiger partial charge >= 0.3 is 0 Å². The molecule has 1 aliphatic heterocycles. The smallest absolute Gasteiger partial charge is 0.0113 e. The molecule has 2 aliphatic rings. The van der Waals surface area contributed by atoms with Crippen molar-refractivity contribution >= 4 is 0 Å². The van der Waals surface area contributed by atoms with E-state index in [9.17, 15) is 0 Å². The highest BCUT2D eigenvalue weighted by Gasteiger charge is 2.28. The molecule has 124 valence electrons. The zero-order valence-electron chi connectivity index (χ0n) is 14.6. The van der Waals surface area contributed by atoms with Crippen LogP contribution in [0.2, 0.25) is 0 Å². The first kappa shape index (κ1) is 17.2. The molecule has 0 spiro atoms. The Morgan fingerprint density at radius 3 is 2.43 bits per heavy atom. The Kier molecular flexibility index (Phi) is 7.48. The van der Waals surface area contributed by atoms with E-state index < -0.39 is 0 Å². The topological polar surface area (TPSA) is 18.5 Å². The summed E-state index contributed by atoms with van der Waals surface area (Å²) >= 11 is 0. The summed E-state index contributed by atoms with van der Waals surface area (Å²) in [5, 5.41) is 3.81. The van der Waals surface area contributed by atoms with Gasteiger partial charge in [-0.3, -0.25) is 4.90 Å². The molecule has 3 nitrogen and oxygen atoms in total. The summed E-state index contributed by atoms with van der Waals surface area (Å²) in [6.07, 6.45) is 8.26. The van der Waals surface area contributed by atoms with E-state index in [-0.39, 0.29) is 0 Å². The molecule has 3 heteroatoms. The summed E-state index contributed by atoms with van der Waals surface area (Å²) in [4.78, 5) is 5.40. The van der Waals surface area contributed by atoms with Gasteiger partial charge in [0.05, 0.1) is 0 Å². The lowest BCUT2D eigenvalue weighted by Gasteiger charge is -2.41. The van der Waals surface area contributed by atoms with Crippen molar-refractivity contribution in [1.29, 1.82) is 0 Å². The summed E-state index contributed by atoms with van der Waals surface area (Å²) in [7, 11) is 0. The minimum absolute atomic E-state index is 0.765. The highest BCUT2D eigenvalue weighted by atomic mass is 15.3. The summed E-state index contributed by atoms with van der Waals surface area (Å²) in [6.45, 7) is 14.6. The third-order valence-corrected chi connectivity index (χ3v) is 5.68. The van der Waals surface area contributed by atoms with E-state index in [2.05, 4.69) is 35.9 Å². The van der Waals surface area contributed by atoms with Crippen LogP contribution in [0.25, 0.3) is 0 Å². The molecule has 0 aromatic rings. The second kappa shape index (κ2) is 9.12. The molecule has 21 heavy (non-hydrogen) atoms. The van der Waals surface area contributed by atoms with Crippen LogP contribution < -0.4 is 5.32 Å². The summed E-state index contributed by atoms with van der Waals surface area (Å²) in [5.41, 5.74) is 0. The maximum atomic E-state index is 3.81. The maximum Gasteiger partial charge on any atom is 0.0113 e. The van der Waals surface area contributed by atoms with Gasteiger partial charge in [-0.2, -0.15) is 0 Å². The molecule has 3 atom stereocenters. The van der Waals surface area contributed by atoms with E-state index >= 15 is 0 Å². The van der Waals surface area contributed by atoms with Crippen molar-refractivity contribution in [3.63, 3.8) is 0 Å². The van der Waals surface area contributed by atoms with Crippen LogP contribution in [0.1, 0.15) is 59.3 Å². The molecule has 1 N–H and O–H groups in total. The van der Waals surface area contributed by atoms with Crippen molar-refractivity contribution in [1.82, 2.24) is 15.1 Å². The Balaban J connectivity index is 1.75. The standard InChI is InChI=1S/C18H37N3/c1-4-10-19-18-9-7-6-8-17(18)15-20-11-13-21(14-12-20)16(3)5-2/h16-19H,4-15H2,1-3H3. The van der Waals surface area contributed by atoms with Crippen LogP contribution in [0.5, 0.6) is 0 Å². The Morgan fingerprint density at radius 1 is 1.05 bits per heavy atom. The first-order chi connectivity index (χ1) is 10.2. The largest absolute Gasteiger partial charge is 0.314 e. The quantitative estimate of drug-likeness (QED) is 0.779. The maximum absolute atomic E-state index is 3.81. The van der Waals surface area contributed by atoms with E-state index in [1.165, 1.54) is 77.8 Å². The van der Waals surface area contributed by atoms with Gasteiger partial charge in [0.15, 0.2) is 0 Å². The Morgan fingerprint density at radius 2 is 1.76 bits per heavy atom. The molecule has 1 saturated carbocycles. The molecule has 2 rings (SSSR count). The normalized spacial score (nSPS) is 30.4. The van der Waals surface area contributed by atoms with Crippen molar-refractivity contribution in [3.8, 4) is 0 Å². The first-order valence-electron chi connectivity index (χ1n) is 9.44. The molecule has 1 heterocycles. The predicted octanol–water partition coefficient (Wildman–Crippen LogP) is 2.96. The van der Waals surface area contributed by atoms with Crippen molar-refractivity contribution in [2.75, 3.05) is 39.3 Å². The lowest BCUT2D eigenvalue weighted by atomic mass is 9.84. The van der Waals surface area contributed by atoms with Crippen LogP contribution in [0, 0.1) is 5.92 Å². The molecule has 0 amide bonds. The molecule has 0 aromatic heterocycles. The molecule has 2 fully saturated rings. The van der Waals surface area contributed by atoms with Gasteiger partial charge in [-0.1, -0.05) is 26.7 Å². The number of hydrogen-bond acceptors (Lipinski definition) is 3. The fraction of sp³-hybridized carbons (Fsp3) is 1.00. The van der Waals surface area contributed by atoms with Crippen molar-refractivity contribution in [3.05, 3.63) is 0 Å². The lowest BCUT2D eigenvalue weighted by Crippen LogP contribution is -2.52. The Bertz CT molecular complexity index is 274. The molecule has 0 bridgehead atoms. The number of nitrogens with zero attached hydrogens (tertiary/aromatic N) is 2. The zero-order chi connectivity index (χ0) is 15.1. The Hall–Kier alpha value is -0.120. The monoisotopic (exact) mass is 295 g/mol. The van der Waals surface area contributed by atoms with Crippen LogP contribution in [-0.2, 0) is 0 Å². The molecule has 0 aromatic carbocycles. The molecule has 1 aliphatic carbocycles. The van der Waals surface area contributed by atoms with E-state index in [0.29, 0.717) is 0 Å². The van der Waals surface area contributed by atoms with Gasteiger partial charge in [0.1, 0.15) is 0 Å². The summed E-state index contributed by atoms with van der Waals surface area (Å²) < 4.78 is 0. The SMILES string of the molecule is CCCNC1CCCCC1CN1CCN(C(C)CC)CC1.